The van der Waals surface area contributed by atoms with Crippen LogP contribution in [0.25, 0.3) is 11.1 Å². The van der Waals surface area contributed by atoms with E-state index in [0.717, 1.165) is 6.07 Å². The summed E-state index contributed by atoms with van der Waals surface area (Å²) in [7, 11) is 0. The molecule has 1 aromatic heterocycles. The lowest BCUT2D eigenvalue weighted by Gasteiger charge is -2.04. The molecule has 0 bridgehead atoms. The summed E-state index contributed by atoms with van der Waals surface area (Å²) in [6, 6.07) is 2.34. The Kier molecular flexibility index (Phi) is 3.04. The molecular weight excluding hydrogens is 270 g/mol. The van der Waals surface area contributed by atoms with Crippen molar-refractivity contribution in [2.75, 3.05) is 0 Å². The highest BCUT2D eigenvalue weighted by molar-refractivity contribution is 6.35. The second kappa shape index (κ2) is 4.35. The van der Waals surface area contributed by atoms with Gasteiger partial charge in [-0.2, -0.15) is 0 Å². The lowest BCUT2D eigenvalue weighted by atomic mass is 10.1. The molecule has 1 N–H and O–H groups in total. The van der Waals surface area contributed by atoms with Gasteiger partial charge in [-0.1, -0.05) is 23.2 Å². The number of nitrogens with zero attached hydrogens (tertiary/aromatic N) is 1. The fourth-order valence-electron chi connectivity index (χ4n) is 1.49. The Morgan fingerprint density at radius 2 is 1.94 bits per heavy atom. The minimum atomic E-state index is -0.839. The molecule has 17 heavy (non-hydrogen) atoms. The second-order valence-corrected chi connectivity index (χ2v) is 4.02. The first-order valence-electron chi connectivity index (χ1n) is 4.47. The topological polar surface area (TPSA) is 58.9 Å². The fraction of sp³-hybridized carbons (Fsp3) is 0. The molecule has 4 nitrogen and oxygen atoms in total. The van der Waals surface area contributed by atoms with Gasteiger partial charge in [0.15, 0.2) is 5.02 Å². The van der Waals surface area contributed by atoms with Crippen LogP contribution in [0, 0.1) is 15.9 Å². The zero-order valence-electron chi connectivity index (χ0n) is 8.21. The van der Waals surface area contributed by atoms with Gasteiger partial charge in [0.05, 0.1) is 15.5 Å². The maximum Gasteiger partial charge on any atom is 0.298 e. The quantitative estimate of drug-likeness (QED) is 0.664. The van der Waals surface area contributed by atoms with Crippen molar-refractivity contribution < 1.29 is 9.31 Å². The molecule has 7 heteroatoms. The molecule has 1 aromatic carbocycles. The van der Waals surface area contributed by atoms with Gasteiger partial charge in [0, 0.05) is 18.0 Å². The average Bonchev–Trinajstić information content (AvgIpc) is 2.67. The van der Waals surface area contributed by atoms with Crippen LogP contribution in [-0.2, 0) is 0 Å². The van der Waals surface area contributed by atoms with Gasteiger partial charge in [0.25, 0.3) is 5.69 Å². The number of hydrogen-bond donors (Lipinski definition) is 1. The van der Waals surface area contributed by atoms with E-state index in [1.54, 1.807) is 0 Å². The van der Waals surface area contributed by atoms with E-state index >= 15 is 0 Å². The van der Waals surface area contributed by atoms with Crippen LogP contribution in [0.2, 0.25) is 10.0 Å². The van der Waals surface area contributed by atoms with Crippen LogP contribution in [0.4, 0.5) is 10.1 Å². The van der Waals surface area contributed by atoms with Crippen LogP contribution in [0.15, 0.2) is 24.5 Å². The van der Waals surface area contributed by atoms with E-state index in [4.69, 9.17) is 23.2 Å². The minimum absolute atomic E-state index is 0.174. The van der Waals surface area contributed by atoms with E-state index in [9.17, 15) is 14.5 Å². The monoisotopic (exact) mass is 274 g/mol. The van der Waals surface area contributed by atoms with E-state index in [-0.39, 0.29) is 5.56 Å². The lowest BCUT2D eigenvalue weighted by Crippen LogP contribution is -1.95. The van der Waals surface area contributed by atoms with Crippen LogP contribution in [0.5, 0.6) is 0 Å². The van der Waals surface area contributed by atoms with Crippen LogP contribution < -0.4 is 0 Å². The highest BCUT2D eigenvalue weighted by atomic mass is 35.5. The number of rotatable bonds is 2. The van der Waals surface area contributed by atoms with Crippen molar-refractivity contribution in [3.05, 3.63) is 50.5 Å². The summed E-state index contributed by atoms with van der Waals surface area (Å²) < 4.78 is 13.2. The van der Waals surface area contributed by atoms with Crippen molar-refractivity contribution in [2.24, 2.45) is 0 Å². The first-order valence-corrected chi connectivity index (χ1v) is 5.23. The van der Waals surface area contributed by atoms with Crippen LogP contribution in [-0.4, -0.2) is 9.91 Å². The molecule has 0 radical (unpaired) electrons. The standard InChI is InChI=1S/C10H5Cl2FN2O2/c11-7-4-14-3-6(7)5-1-2-8(13)9(12)10(5)15(16)17/h1-4,14H. The summed E-state index contributed by atoms with van der Waals surface area (Å²) in [5, 5.41) is 10.7. The number of halogens is 3. The molecule has 0 amide bonds. The normalized spacial score (nSPS) is 10.5. The van der Waals surface area contributed by atoms with Gasteiger partial charge in [-0.15, -0.1) is 0 Å². The largest absolute Gasteiger partial charge is 0.366 e. The molecule has 0 saturated heterocycles. The molecule has 1 heterocycles. The molecular formula is C10H5Cl2FN2O2. The maximum absolute atomic E-state index is 13.2. The average molecular weight is 275 g/mol. The molecule has 2 rings (SSSR count). The zero-order chi connectivity index (χ0) is 12.6. The van der Waals surface area contributed by atoms with Gasteiger partial charge in [0.2, 0.25) is 0 Å². The molecule has 0 aliphatic rings. The van der Waals surface area contributed by atoms with Crippen LogP contribution >= 0.6 is 23.2 Å². The van der Waals surface area contributed by atoms with Crippen molar-refractivity contribution in [1.29, 1.82) is 0 Å². The Bertz CT molecular complexity index is 598. The molecule has 2 aromatic rings. The Labute approximate surface area is 105 Å². The van der Waals surface area contributed by atoms with Crippen molar-refractivity contribution in [2.45, 2.75) is 0 Å². The highest BCUT2D eigenvalue weighted by Crippen LogP contribution is 2.39. The number of H-pyrrole nitrogens is 1. The maximum atomic E-state index is 13.2. The summed E-state index contributed by atoms with van der Waals surface area (Å²) in [6.07, 6.45) is 2.96. The SMILES string of the molecule is O=[N+]([O-])c1c(-c2c[nH]cc2Cl)ccc(F)c1Cl. The van der Waals surface area contributed by atoms with E-state index in [0.29, 0.717) is 10.6 Å². The van der Waals surface area contributed by atoms with Crippen molar-refractivity contribution in [3.63, 3.8) is 0 Å². The molecule has 0 aliphatic heterocycles. The van der Waals surface area contributed by atoms with Crippen LogP contribution in [0.3, 0.4) is 0 Å². The summed E-state index contributed by atoms with van der Waals surface area (Å²) >= 11 is 11.4. The van der Waals surface area contributed by atoms with E-state index < -0.39 is 21.5 Å². The van der Waals surface area contributed by atoms with Gasteiger partial charge in [-0.3, -0.25) is 10.1 Å². The molecule has 88 valence electrons. The summed E-state index contributed by atoms with van der Waals surface area (Å²) in [5.41, 5.74) is 0.0843. The number of nitrogens with one attached hydrogen (secondary N) is 1. The fourth-order valence-corrected chi connectivity index (χ4v) is 1.94. The van der Waals surface area contributed by atoms with Crippen LogP contribution in [0.1, 0.15) is 0 Å². The van der Waals surface area contributed by atoms with Gasteiger partial charge in [-0.25, -0.2) is 4.39 Å². The van der Waals surface area contributed by atoms with Gasteiger partial charge < -0.3 is 4.98 Å². The third-order valence-electron chi connectivity index (χ3n) is 2.24. The summed E-state index contributed by atoms with van der Waals surface area (Å²) in [4.78, 5) is 12.9. The summed E-state index contributed by atoms with van der Waals surface area (Å²) in [5.74, 6) is -0.839. The number of nitro groups is 1. The Balaban J connectivity index is 2.75. The number of hydrogen-bond acceptors (Lipinski definition) is 2. The molecule has 0 saturated carbocycles. The molecule has 0 aliphatic carbocycles. The van der Waals surface area contributed by atoms with Crippen molar-refractivity contribution in [1.82, 2.24) is 4.98 Å². The number of aromatic amines is 1. The first kappa shape index (κ1) is 11.9. The molecule has 0 fully saturated rings. The number of nitro benzene ring substituents is 1. The smallest absolute Gasteiger partial charge is 0.298 e. The van der Waals surface area contributed by atoms with Gasteiger partial charge >= 0.3 is 0 Å². The molecule has 0 spiro atoms. The lowest BCUT2D eigenvalue weighted by molar-refractivity contribution is -0.384. The van der Waals surface area contributed by atoms with E-state index in [1.807, 2.05) is 0 Å². The minimum Gasteiger partial charge on any atom is -0.366 e. The Hall–Kier alpha value is -1.59. The highest BCUT2D eigenvalue weighted by Gasteiger charge is 2.24. The van der Waals surface area contributed by atoms with Gasteiger partial charge in [0.1, 0.15) is 5.82 Å². The van der Waals surface area contributed by atoms with E-state index in [1.165, 1.54) is 18.5 Å². The second-order valence-electron chi connectivity index (χ2n) is 3.23. The van der Waals surface area contributed by atoms with Crippen molar-refractivity contribution in [3.8, 4) is 11.1 Å². The first-order chi connectivity index (χ1) is 8.02. The summed E-state index contributed by atoms with van der Waals surface area (Å²) in [6.45, 7) is 0. The Morgan fingerprint density at radius 3 is 2.47 bits per heavy atom. The molecule has 0 atom stereocenters. The predicted octanol–water partition coefficient (Wildman–Crippen LogP) is 4.04. The molecule has 0 unspecified atom stereocenters. The number of aromatic nitrogens is 1. The Morgan fingerprint density at radius 1 is 1.24 bits per heavy atom. The van der Waals surface area contributed by atoms with Gasteiger partial charge in [-0.05, 0) is 12.1 Å². The third-order valence-corrected chi connectivity index (χ3v) is 2.91. The number of benzene rings is 1. The van der Waals surface area contributed by atoms with Crippen molar-refractivity contribution >= 4 is 28.9 Å². The predicted molar refractivity (Wildman–Crippen MR) is 62.9 cm³/mol. The third kappa shape index (κ3) is 1.99. The zero-order valence-corrected chi connectivity index (χ0v) is 9.72. The van der Waals surface area contributed by atoms with E-state index in [2.05, 4.69) is 4.98 Å².